The summed E-state index contributed by atoms with van der Waals surface area (Å²) >= 11 is 0. The number of halogens is 1. The molecule has 0 unspecified atom stereocenters. The molecule has 0 aliphatic carbocycles. The standard InChI is InChI=1S/C18H32N6O2.HI/c1-5-16-15(17(6-2)26-22-16)13-21-18(19-4)20-7-8-23-9-11-24(12-10-23)14(3)25;/h5-13H2,1-4H3,(H2,19,20,21);1H. The molecule has 1 fully saturated rings. The Balaban J connectivity index is 0.00000364. The van der Waals surface area contributed by atoms with Crippen LogP contribution in [0.3, 0.4) is 0 Å². The van der Waals surface area contributed by atoms with Crippen LogP contribution in [0.15, 0.2) is 9.52 Å². The topological polar surface area (TPSA) is 86.0 Å². The van der Waals surface area contributed by atoms with Crippen molar-refractivity contribution in [3.8, 4) is 0 Å². The molecule has 9 heteroatoms. The largest absolute Gasteiger partial charge is 0.361 e. The first-order valence-corrected chi connectivity index (χ1v) is 9.47. The molecule has 0 saturated carbocycles. The first kappa shape index (κ1) is 23.7. The van der Waals surface area contributed by atoms with Crippen LogP contribution in [0.2, 0.25) is 0 Å². The van der Waals surface area contributed by atoms with Gasteiger partial charge in [-0.25, -0.2) is 0 Å². The van der Waals surface area contributed by atoms with Crippen LogP contribution >= 0.6 is 24.0 Å². The number of aryl methyl sites for hydroxylation is 2. The quantitative estimate of drug-likeness (QED) is 0.339. The molecular weight excluding hydrogens is 459 g/mol. The summed E-state index contributed by atoms with van der Waals surface area (Å²) in [6.45, 7) is 11.7. The lowest BCUT2D eigenvalue weighted by Crippen LogP contribution is -2.50. The van der Waals surface area contributed by atoms with Gasteiger partial charge in [0, 0.05) is 71.8 Å². The van der Waals surface area contributed by atoms with Crippen LogP contribution in [0, 0.1) is 0 Å². The number of carbonyl (C=O) groups excluding carboxylic acids is 1. The molecule has 1 aliphatic heterocycles. The number of aromatic nitrogens is 1. The van der Waals surface area contributed by atoms with Crippen LogP contribution in [-0.4, -0.2) is 73.1 Å². The van der Waals surface area contributed by atoms with Crippen LogP contribution in [0.25, 0.3) is 0 Å². The fraction of sp³-hybridized carbons (Fsp3) is 0.722. The molecule has 154 valence electrons. The average Bonchev–Trinajstić information content (AvgIpc) is 3.06. The number of carbonyl (C=O) groups is 1. The van der Waals surface area contributed by atoms with E-state index in [1.54, 1.807) is 14.0 Å². The van der Waals surface area contributed by atoms with Gasteiger partial charge < -0.3 is 20.1 Å². The Bertz CT molecular complexity index is 589. The molecule has 0 radical (unpaired) electrons. The zero-order chi connectivity index (χ0) is 18.9. The van der Waals surface area contributed by atoms with Gasteiger partial charge in [0.1, 0.15) is 5.76 Å². The van der Waals surface area contributed by atoms with Crippen molar-refractivity contribution in [2.24, 2.45) is 4.99 Å². The van der Waals surface area contributed by atoms with E-state index in [0.717, 1.165) is 75.1 Å². The van der Waals surface area contributed by atoms with E-state index in [4.69, 9.17) is 4.52 Å². The predicted octanol–water partition coefficient (Wildman–Crippen LogP) is 1.25. The Morgan fingerprint density at radius 3 is 2.44 bits per heavy atom. The summed E-state index contributed by atoms with van der Waals surface area (Å²) in [6.07, 6.45) is 1.70. The lowest BCUT2D eigenvalue weighted by Gasteiger charge is -2.34. The third-order valence-electron chi connectivity index (χ3n) is 4.80. The summed E-state index contributed by atoms with van der Waals surface area (Å²) in [5, 5.41) is 10.8. The molecule has 2 rings (SSSR count). The molecule has 0 bridgehead atoms. The van der Waals surface area contributed by atoms with Crippen LogP contribution in [0.5, 0.6) is 0 Å². The Labute approximate surface area is 179 Å². The molecule has 1 aliphatic rings. The highest BCUT2D eigenvalue weighted by Crippen LogP contribution is 2.15. The van der Waals surface area contributed by atoms with E-state index in [2.05, 4.69) is 39.5 Å². The van der Waals surface area contributed by atoms with E-state index in [1.807, 2.05) is 4.90 Å². The van der Waals surface area contributed by atoms with Gasteiger partial charge in [0.15, 0.2) is 5.96 Å². The maximum absolute atomic E-state index is 11.4. The lowest BCUT2D eigenvalue weighted by molar-refractivity contribution is -0.130. The highest BCUT2D eigenvalue weighted by atomic mass is 127. The molecule has 8 nitrogen and oxygen atoms in total. The van der Waals surface area contributed by atoms with E-state index in [-0.39, 0.29) is 29.9 Å². The zero-order valence-corrected chi connectivity index (χ0v) is 19.2. The fourth-order valence-electron chi connectivity index (χ4n) is 3.15. The van der Waals surface area contributed by atoms with Crippen molar-refractivity contribution in [3.05, 3.63) is 17.0 Å². The molecule has 1 amide bonds. The predicted molar refractivity (Wildman–Crippen MR) is 118 cm³/mol. The highest BCUT2D eigenvalue weighted by Gasteiger charge is 2.18. The zero-order valence-electron chi connectivity index (χ0n) is 16.9. The number of nitrogens with one attached hydrogen (secondary N) is 2. The van der Waals surface area contributed by atoms with Crippen LogP contribution in [0.1, 0.15) is 37.8 Å². The van der Waals surface area contributed by atoms with Gasteiger partial charge in [0.05, 0.1) is 5.69 Å². The van der Waals surface area contributed by atoms with Gasteiger partial charge in [-0.15, -0.1) is 24.0 Å². The summed E-state index contributed by atoms with van der Waals surface area (Å²) in [5.74, 6) is 1.88. The van der Waals surface area contributed by atoms with E-state index in [0.29, 0.717) is 6.54 Å². The maximum atomic E-state index is 11.4. The highest BCUT2D eigenvalue weighted by molar-refractivity contribution is 14.0. The maximum Gasteiger partial charge on any atom is 0.219 e. The molecule has 2 heterocycles. The summed E-state index contributed by atoms with van der Waals surface area (Å²) in [6, 6.07) is 0. The molecule has 0 atom stereocenters. The fourth-order valence-corrected chi connectivity index (χ4v) is 3.15. The van der Waals surface area contributed by atoms with Crippen molar-refractivity contribution < 1.29 is 9.32 Å². The number of aliphatic imine (C=N–C) groups is 1. The van der Waals surface area contributed by atoms with Gasteiger partial charge in [0.2, 0.25) is 5.91 Å². The molecule has 2 N–H and O–H groups in total. The van der Waals surface area contributed by atoms with Gasteiger partial charge in [-0.05, 0) is 6.42 Å². The third kappa shape index (κ3) is 6.95. The minimum atomic E-state index is 0. The van der Waals surface area contributed by atoms with Crippen molar-refractivity contribution >= 4 is 35.8 Å². The van der Waals surface area contributed by atoms with Gasteiger partial charge in [-0.3, -0.25) is 14.7 Å². The summed E-state index contributed by atoms with van der Waals surface area (Å²) in [7, 11) is 1.77. The Kier molecular flexibility index (Phi) is 10.7. The second-order valence-electron chi connectivity index (χ2n) is 6.44. The molecule has 1 aromatic rings. The number of guanidine groups is 1. The van der Waals surface area contributed by atoms with E-state index in [9.17, 15) is 4.79 Å². The van der Waals surface area contributed by atoms with Gasteiger partial charge in [-0.1, -0.05) is 19.0 Å². The first-order valence-electron chi connectivity index (χ1n) is 9.47. The lowest BCUT2D eigenvalue weighted by atomic mass is 10.1. The van der Waals surface area contributed by atoms with E-state index in [1.165, 1.54) is 0 Å². The van der Waals surface area contributed by atoms with E-state index >= 15 is 0 Å². The third-order valence-corrected chi connectivity index (χ3v) is 4.80. The van der Waals surface area contributed by atoms with Crippen molar-refractivity contribution in [2.75, 3.05) is 46.3 Å². The SMILES string of the molecule is CCc1noc(CC)c1CNC(=NC)NCCN1CCN(C(C)=O)CC1.I. The van der Waals surface area contributed by atoms with Gasteiger partial charge in [-0.2, -0.15) is 0 Å². The molecular formula is C18H33IN6O2. The van der Waals surface area contributed by atoms with Gasteiger partial charge in [0.25, 0.3) is 0 Å². The molecule has 1 saturated heterocycles. The van der Waals surface area contributed by atoms with Crippen molar-refractivity contribution in [3.63, 3.8) is 0 Å². The van der Waals surface area contributed by atoms with Crippen molar-refractivity contribution in [1.82, 2.24) is 25.6 Å². The normalized spacial score (nSPS) is 15.4. The number of rotatable bonds is 7. The number of hydrogen-bond donors (Lipinski definition) is 2. The van der Waals surface area contributed by atoms with Crippen molar-refractivity contribution in [2.45, 2.75) is 40.2 Å². The Hall–Kier alpha value is -1.36. The number of amides is 1. The minimum Gasteiger partial charge on any atom is -0.361 e. The number of nitrogens with zero attached hydrogens (tertiary/aromatic N) is 4. The van der Waals surface area contributed by atoms with Gasteiger partial charge >= 0.3 is 0 Å². The Morgan fingerprint density at radius 1 is 1.19 bits per heavy atom. The summed E-state index contributed by atoms with van der Waals surface area (Å²) in [4.78, 5) is 19.9. The number of hydrogen-bond acceptors (Lipinski definition) is 5. The molecule has 1 aromatic heterocycles. The average molecular weight is 492 g/mol. The van der Waals surface area contributed by atoms with E-state index < -0.39 is 0 Å². The minimum absolute atomic E-state index is 0. The second-order valence-corrected chi connectivity index (χ2v) is 6.44. The Morgan fingerprint density at radius 2 is 1.89 bits per heavy atom. The van der Waals surface area contributed by atoms with Crippen molar-refractivity contribution in [1.29, 1.82) is 0 Å². The molecule has 0 spiro atoms. The van der Waals surface area contributed by atoms with Crippen LogP contribution in [-0.2, 0) is 24.2 Å². The first-order chi connectivity index (χ1) is 12.6. The second kappa shape index (κ2) is 12.2. The molecule has 27 heavy (non-hydrogen) atoms. The summed E-state index contributed by atoms with van der Waals surface area (Å²) < 4.78 is 5.40. The smallest absolute Gasteiger partial charge is 0.219 e. The number of piperazine rings is 1. The van der Waals surface area contributed by atoms with Crippen LogP contribution in [0.4, 0.5) is 0 Å². The monoisotopic (exact) mass is 492 g/mol. The molecule has 0 aromatic carbocycles. The summed E-state index contributed by atoms with van der Waals surface area (Å²) in [5.41, 5.74) is 2.14. The van der Waals surface area contributed by atoms with Crippen LogP contribution < -0.4 is 10.6 Å².